The third-order valence-electron chi connectivity index (χ3n) is 0.463. The van der Waals surface area contributed by atoms with Gasteiger partial charge in [0.05, 0.1) is 0 Å². The Kier molecular flexibility index (Phi) is 2.76. The number of rotatable bonds is 0. The molecule has 0 amide bonds. The van der Waals surface area contributed by atoms with Gasteiger partial charge in [0.1, 0.15) is 0 Å². The molecule has 0 N–H and O–H groups in total. The van der Waals surface area contributed by atoms with Crippen molar-refractivity contribution in [2.45, 2.75) is 0 Å². The van der Waals surface area contributed by atoms with E-state index in [2.05, 4.69) is 9.74 Å². The molecule has 6 heavy (non-hydrogen) atoms. The number of allylic oxidation sites excluding steroid dienone is 1. The van der Waals surface area contributed by atoms with E-state index in [1.807, 2.05) is 0 Å². The van der Waals surface area contributed by atoms with Crippen LogP contribution in [0.15, 0.2) is 6.08 Å². The van der Waals surface area contributed by atoms with Crippen molar-refractivity contribution in [3.05, 3.63) is 6.08 Å². The van der Waals surface area contributed by atoms with Crippen molar-refractivity contribution in [2.24, 2.45) is 0 Å². The van der Waals surface area contributed by atoms with Gasteiger partial charge in [0, 0.05) is 0 Å². The summed E-state index contributed by atoms with van der Waals surface area (Å²) in [6.45, 7) is 0. The van der Waals surface area contributed by atoms with E-state index in [-0.39, 0.29) is 0 Å². The summed E-state index contributed by atoms with van der Waals surface area (Å²) < 4.78 is 6.28. The van der Waals surface area contributed by atoms with Crippen LogP contribution in [0.4, 0.5) is 0 Å². The standard InChI is InChI=1S/C4H5I2/c1-2-5-4-6-3-1/h1H,2,4H2/q-1. The van der Waals surface area contributed by atoms with Crippen LogP contribution in [0, 0.1) is 0 Å². The van der Waals surface area contributed by atoms with Gasteiger partial charge >= 0.3 is 58.5 Å². The van der Waals surface area contributed by atoms with E-state index >= 15 is 0 Å². The van der Waals surface area contributed by atoms with Gasteiger partial charge < -0.3 is 0 Å². The summed E-state index contributed by atoms with van der Waals surface area (Å²) in [5, 5.41) is 0. The Bertz CT molecular complexity index is 81.7. The number of alkyl halides is 3. The zero-order valence-electron chi connectivity index (χ0n) is 3.25. The summed E-state index contributed by atoms with van der Waals surface area (Å²) in [4.78, 5) is 0. The van der Waals surface area contributed by atoms with E-state index in [1.54, 1.807) is 2.43 Å². The Morgan fingerprint density at radius 3 is 3.00 bits per heavy atom. The quantitative estimate of drug-likeness (QED) is 0.358. The maximum atomic E-state index is 3.30. The molecule has 0 bridgehead atoms. The van der Waals surface area contributed by atoms with Crippen molar-refractivity contribution in [1.82, 2.24) is 0 Å². The fourth-order valence-electron chi connectivity index (χ4n) is 0.244. The third kappa shape index (κ3) is 1.71. The van der Waals surface area contributed by atoms with Crippen molar-refractivity contribution < 1.29 is 21.2 Å². The molecule has 0 saturated heterocycles. The molecule has 36 valence electrons. The molecule has 1 heterocycles. The Balaban J connectivity index is 2.53. The molecular formula is C4H5I2-. The summed E-state index contributed by atoms with van der Waals surface area (Å²) in [6, 6.07) is 0. The van der Waals surface area contributed by atoms with Gasteiger partial charge in [-0.3, -0.25) is 0 Å². The molecule has 0 saturated carbocycles. The van der Waals surface area contributed by atoms with Gasteiger partial charge in [0.25, 0.3) is 0 Å². The van der Waals surface area contributed by atoms with E-state index in [1.165, 1.54) is 4.43 Å². The summed E-state index contributed by atoms with van der Waals surface area (Å²) >= 11 is 1.10. The molecule has 0 spiro atoms. The van der Waals surface area contributed by atoms with Gasteiger partial charge in [0.2, 0.25) is 0 Å². The molecule has 1 aliphatic rings. The van der Waals surface area contributed by atoms with Crippen LogP contribution in [0.5, 0.6) is 0 Å². The molecule has 1 aliphatic heterocycles. The summed E-state index contributed by atoms with van der Waals surface area (Å²) in [5.41, 5.74) is 0. The van der Waals surface area contributed by atoms with Crippen LogP contribution < -0.4 is 21.2 Å². The van der Waals surface area contributed by atoms with Crippen LogP contribution in [-0.4, -0.2) is 10.5 Å². The normalized spacial score (nSPS) is 21.3. The first kappa shape index (κ1) is 5.25. The predicted octanol–water partition coefficient (Wildman–Crippen LogP) is -2.03. The van der Waals surface area contributed by atoms with Crippen LogP contribution in [-0.2, 0) is 0 Å². The maximum absolute atomic E-state index is 3.30. The second-order valence-electron chi connectivity index (χ2n) is 0.891. The van der Waals surface area contributed by atoms with Crippen LogP contribution in [0.3, 0.4) is 0 Å². The van der Waals surface area contributed by atoms with Gasteiger partial charge in [-0.2, -0.15) is 0 Å². The summed E-state index contributed by atoms with van der Waals surface area (Å²) in [7, 11) is 0. The van der Waals surface area contributed by atoms with Gasteiger partial charge in [0.15, 0.2) is 0 Å². The van der Waals surface area contributed by atoms with E-state index in [4.69, 9.17) is 0 Å². The molecule has 0 radical (unpaired) electrons. The van der Waals surface area contributed by atoms with Crippen LogP contribution in [0.25, 0.3) is 0 Å². The van der Waals surface area contributed by atoms with E-state index in [0.717, 1.165) is 0 Å². The molecular weight excluding hydrogens is 302 g/mol. The minimum absolute atomic E-state index is 0.458. The van der Waals surface area contributed by atoms with Crippen molar-refractivity contribution in [3.63, 3.8) is 0 Å². The first-order valence-electron chi connectivity index (χ1n) is 1.69. The number of hydrogen-bond donors (Lipinski definition) is 0. The third-order valence-corrected chi connectivity index (χ3v) is 7.77. The fourth-order valence-corrected chi connectivity index (χ4v) is 6.82. The van der Waals surface area contributed by atoms with Gasteiger partial charge in [-0.1, -0.05) is 0 Å². The number of hydrogen-bond acceptors (Lipinski definition) is 0. The van der Waals surface area contributed by atoms with Crippen LogP contribution in [0.2, 0.25) is 0 Å². The molecule has 0 aromatic heterocycles. The number of halogens is 2. The molecule has 0 fully saturated rings. The van der Waals surface area contributed by atoms with E-state index < -0.39 is 0 Å². The van der Waals surface area contributed by atoms with Crippen molar-refractivity contribution in [2.75, 3.05) is 6.86 Å². The van der Waals surface area contributed by atoms with Gasteiger partial charge in [-0.05, 0) is 0 Å². The molecule has 0 nitrogen and oxygen atoms in total. The first-order valence-corrected chi connectivity index (χ1v) is 7.34. The zero-order valence-corrected chi connectivity index (χ0v) is 7.56. The van der Waals surface area contributed by atoms with Crippen molar-refractivity contribution in [3.8, 4) is 0 Å². The molecule has 1 rings (SSSR count). The Hall–Kier alpha value is 1.11. The van der Waals surface area contributed by atoms with Crippen LogP contribution >= 0.6 is 20.7 Å². The average Bonchev–Trinajstić information content (AvgIpc) is 1.72. The molecule has 0 aromatic carbocycles. The topological polar surface area (TPSA) is 0 Å². The SMILES string of the molecule is C1=CC[I-]CI=1. The molecule has 0 aromatic rings. The zero-order chi connectivity index (χ0) is 4.24. The van der Waals surface area contributed by atoms with Gasteiger partial charge in [-0.15, -0.1) is 0 Å². The van der Waals surface area contributed by atoms with Crippen molar-refractivity contribution in [1.29, 1.82) is 0 Å². The van der Waals surface area contributed by atoms with E-state index in [9.17, 15) is 0 Å². The Morgan fingerprint density at radius 2 is 2.83 bits per heavy atom. The monoisotopic (exact) mass is 307 g/mol. The first-order chi connectivity index (χ1) is 3.00. The Morgan fingerprint density at radius 1 is 1.83 bits per heavy atom. The minimum atomic E-state index is 0.458. The average molecular weight is 307 g/mol. The summed E-state index contributed by atoms with van der Waals surface area (Å²) in [5.74, 6) is 0. The molecule has 0 aliphatic carbocycles. The van der Waals surface area contributed by atoms with Crippen LogP contribution in [0.1, 0.15) is 0 Å². The molecule has 0 unspecified atom stereocenters. The summed E-state index contributed by atoms with van der Waals surface area (Å²) in [6.07, 6.45) is 2.24. The second kappa shape index (κ2) is 3.16. The van der Waals surface area contributed by atoms with E-state index in [0.29, 0.717) is 41.9 Å². The second-order valence-corrected chi connectivity index (χ2v) is 8.68. The predicted molar refractivity (Wildman–Crippen MR) is 33.3 cm³/mol. The van der Waals surface area contributed by atoms with Crippen molar-refractivity contribution >= 4 is 24.4 Å². The van der Waals surface area contributed by atoms with Gasteiger partial charge in [-0.25, -0.2) is 0 Å². The molecule has 0 atom stereocenters. The Labute approximate surface area is 58.0 Å². The fraction of sp³-hybridized carbons (Fsp3) is 0.500. The molecule has 2 heteroatoms.